The van der Waals surface area contributed by atoms with E-state index in [1.54, 1.807) is 6.33 Å². The first-order valence-corrected chi connectivity index (χ1v) is 6.18. The quantitative estimate of drug-likeness (QED) is 0.711. The molecular formula is C12H23N5. The van der Waals surface area contributed by atoms with Crippen LogP contribution in [0, 0.1) is 0 Å². The molecule has 1 rings (SSSR count). The lowest BCUT2D eigenvalue weighted by Gasteiger charge is -2.16. The van der Waals surface area contributed by atoms with Gasteiger partial charge in [-0.2, -0.15) is 0 Å². The van der Waals surface area contributed by atoms with Gasteiger partial charge in [0.2, 0.25) is 0 Å². The highest BCUT2D eigenvalue weighted by molar-refractivity contribution is 5.74. The first kappa shape index (κ1) is 13.5. The summed E-state index contributed by atoms with van der Waals surface area (Å²) in [7, 11) is 3.84. The van der Waals surface area contributed by atoms with Gasteiger partial charge in [-0.25, -0.2) is 9.97 Å². The lowest BCUT2D eigenvalue weighted by molar-refractivity contribution is 0.684. The molecule has 0 atom stereocenters. The Morgan fingerprint density at radius 2 is 2.00 bits per heavy atom. The van der Waals surface area contributed by atoms with Gasteiger partial charge in [0.25, 0.3) is 0 Å². The Kier molecular flexibility index (Phi) is 5.52. The molecule has 5 nitrogen and oxygen atoms in total. The lowest BCUT2D eigenvalue weighted by atomic mass is 10.2. The maximum Gasteiger partial charge on any atom is 0.156 e. The summed E-state index contributed by atoms with van der Waals surface area (Å²) in [4.78, 5) is 10.2. The molecule has 0 radical (unpaired) electrons. The molecule has 0 saturated heterocycles. The second-order valence-corrected chi connectivity index (χ2v) is 4.34. The number of rotatable bonds is 7. The van der Waals surface area contributed by atoms with Crippen molar-refractivity contribution in [2.45, 2.75) is 32.6 Å². The summed E-state index contributed by atoms with van der Waals surface area (Å²) in [6.07, 6.45) is 6.47. The van der Waals surface area contributed by atoms with E-state index in [2.05, 4.69) is 22.2 Å². The molecule has 0 aliphatic carbocycles. The number of unbranched alkanes of at least 4 members (excludes halogenated alkanes) is 3. The minimum absolute atomic E-state index is 0.619. The summed E-state index contributed by atoms with van der Waals surface area (Å²) in [5.41, 5.74) is 6.61. The summed E-state index contributed by atoms with van der Waals surface area (Å²) < 4.78 is 0. The van der Waals surface area contributed by atoms with Crippen LogP contribution in [-0.2, 0) is 0 Å². The lowest BCUT2D eigenvalue weighted by Crippen LogP contribution is -2.15. The van der Waals surface area contributed by atoms with Crippen LogP contribution >= 0.6 is 0 Å². The van der Waals surface area contributed by atoms with Crippen molar-refractivity contribution >= 4 is 17.3 Å². The molecular weight excluding hydrogens is 214 g/mol. The van der Waals surface area contributed by atoms with E-state index in [-0.39, 0.29) is 0 Å². The smallest absolute Gasteiger partial charge is 0.156 e. The molecule has 3 N–H and O–H groups in total. The fourth-order valence-electron chi connectivity index (χ4n) is 1.64. The average molecular weight is 237 g/mol. The standard InChI is InChI=1S/C12H23N5/c1-4-5-6-7-8-14-11-10(13)12(17(2)3)16-9-15-11/h9H,4-8,13H2,1-3H3,(H,14,15,16). The minimum Gasteiger partial charge on any atom is -0.393 e. The van der Waals surface area contributed by atoms with Crippen LogP contribution in [0.5, 0.6) is 0 Å². The molecule has 0 unspecified atom stereocenters. The number of anilines is 3. The minimum atomic E-state index is 0.619. The maximum absolute atomic E-state index is 6.00. The van der Waals surface area contributed by atoms with E-state index in [9.17, 15) is 0 Å². The Bertz CT molecular complexity index is 338. The second kappa shape index (κ2) is 6.93. The molecule has 1 aromatic heterocycles. The Labute approximate surface area is 103 Å². The first-order chi connectivity index (χ1) is 8.16. The van der Waals surface area contributed by atoms with Gasteiger partial charge in [0.1, 0.15) is 12.0 Å². The SMILES string of the molecule is CCCCCCNc1ncnc(N(C)C)c1N. The van der Waals surface area contributed by atoms with Crippen molar-refractivity contribution in [1.82, 2.24) is 9.97 Å². The van der Waals surface area contributed by atoms with Gasteiger partial charge in [0.05, 0.1) is 0 Å². The van der Waals surface area contributed by atoms with Gasteiger partial charge >= 0.3 is 0 Å². The maximum atomic E-state index is 6.00. The largest absolute Gasteiger partial charge is 0.393 e. The summed E-state index contributed by atoms with van der Waals surface area (Å²) in [5, 5.41) is 3.26. The van der Waals surface area contributed by atoms with E-state index >= 15 is 0 Å². The third-order valence-electron chi connectivity index (χ3n) is 2.61. The molecule has 0 saturated carbocycles. The van der Waals surface area contributed by atoms with Gasteiger partial charge < -0.3 is 16.0 Å². The third-order valence-corrected chi connectivity index (χ3v) is 2.61. The van der Waals surface area contributed by atoms with E-state index in [0.29, 0.717) is 5.69 Å². The highest BCUT2D eigenvalue weighted by atomic mass is 15.2. The third kappa shape index (κ3) is 4.09. The van der Waals surface area contributed by atoms with Gasteiger partial charge in [-0.3, -0.25) is 0 Å². The fraction of sp³-hybridized carbons (Fsp3) is 0.667. The van der Waals surface area contributed by atoms with Crippen LogP contribution in [0.25, 0.3) is 0 Å². The zero-order valence-electron chi connectivity index (χ0n) is 11.0. The molecule has 0 fully saturated rings. The zero-order chi connectivity index (χ0) is 12.7. The average Bonchev–Trinajstić information content (AvgIpc) is 2.30. The number of nitrogen functional groups attached to an aromatic ring is 1. The van der Waals surface area contributed by atoms with Crippen molar-refractivity contribution in [2.24, 2.45) is 0 Å². The van der Waals surface area contributed by atoms with Crippen LogP contribution < -0.4 is 16.0 Å². The summed E-state index contributed by atoms with van der Waals surface area (Å²) >= 11 is 0. The molecule has 0 aliphatic heterocycles. The van der Waals surface area contributed by atoms with Gasteiger partial charge in [0.15, 0.2) is 11.6 Å². The molecule has 0 aliphatic rings. The molecule has 0 aromatic carbocycles. The molecule has 0 bridgehead atoms. The normalized spacial score (nSPS) is 10.3. The topological polar surface area (TPSA) is 67.1 Å². The summed E-state index contributed by atoms with van der Waals surface area (Å²) in [6, 6.07) is 0. The Hall–Kier alpha value is -1.52. The number of hydrogen-bond donors (Lipinski definition) is 2. The summed E-state index contributed by atoms with van der Waals surface area (Å²) in [5.74, 6) is 1.50. The molecule has 1 heterocycles. The van der Waals surface area contributed by atoms with E-state index in [1.165, 1.54) is 19.3 Å². The van der Waals surface area contributed by atoms with Crippen molar-refractivity contribution in [1.29, 1.82) is 0 Å². The van der Waals surface area contributed by atoms with Crippen molar-refractivity contribution in [3.05, 3.63) is 6.33 Å². The van der Waals surface area contributed by atoms with Crippen molar-refractivity contribution in [3.63, 3.8) is 0 Å². The number of nitrogens with zero attached hydrogens (tertiary/aromatic N) is 3. The highest BCUT2D eigenvalue weighted by Crippen LogP contribution is 2.24. The second-order valence-electron chi connectivity index (χ2n) is 4.34. The monoisotopic (exact) mass is 237 g/mol. The van der Waals surface area contributed by atoms with Crippen LogP contribution in [0.15, 0.2) is 6.33 Å². The van der Waals surface area contributed by atoms with Crippen molar-refractivity contribution in [2.75, 3.05) is 36.6 Å². The number of nitrogens with two attached hydrogens (primary N) is 1. The molecule has 1 aromatic rings. The van der Waals surface area contributed by atoms with Gasteiger partial charge in [0, 0.05) is 20.6 Å². The Balaban J connectivity index is 2.51. The van der Waals surface area contributed by atoms with Crippen LogP contribution in [-0.4, -0.2) is 30.6 Å². The Morgan fingerprint density at radius 1 is 1.24 bits per heavy atom. The predicted octanol–water partition coefficient (Wildman–Crippen LogP) is 2.12. The summed E-state index contributed by atoms with van der Waals surface area (Å²) in [6.45, 7) is 3.12. The number of aromatic nitrogens is 2. The zero-order valence-corrected chi connectivity index (χ0v) is 11.0. The van der Waals surface area contributed by atoms with Gasteiger partial charge in [-0.1, -0.05) is 26.2 Å². The molecule has 96 valence electrons. The van der Waals surface area contributed by atoms with Crippen LogP contribution in [0.1, 0.15) is 32.6 Å². The molecule has 0 amide bonds. The molecule has 17 heavy (non-hydrogen) atoms. The van der Waals surface area contributed by atoms with Crippen molar-refractivity contribution in [3.8, 4) is 0 Å². The number of hydrogen-bond acceptors (Lipinski definition) is 5. The van der Waals surface area contributed by atoms with Gasteiger partial charge in [-0.15, -0.1) is 0 Å². The molecule has 5 heteroatoms. The highest BCUT2D eigenvalue weighted by Gasteiger charge is 2.08. The van der Waals surface area contributed by atoms with E-state index in [0.717, 1.165) is 24.6 Å². The first-order valence-electron chi connectivity index (χ1n) is 6.18. The van der Waals surface area contributed by atoms with Crippen LogP contribution in [0.3, 0.4) is 0 Å². The van der Waals surface area contributed by atoms with Crippen LogP contribution in [0.4, 0.5) is 17.3 Å². The fourth-order valence-corrected chi connectivity index (χ4v) is 1.64. The van der Waals surface area contributed by atoms with Gasteiger partial charge in [-0.05, 0) is 6.42 Å². The van der Waals surface area contributed by atoms with E-state index in [4.69, 9.17) is 5.73 Å². The predicted molar refractivity (Wildman–Crippen MR) is 73.4 cm³/mol. The van der Waals surface area contributed by atoms with Crippen molar-refractivity contribution < 1.29 is 0 Å². The number of nitrogens with one attached hydrogen (secondary N) is 1. The molecule has 0 spiro atoms. The van der Waals surface area contributed by atoms with E-state index < -0.39 is 0 Å². The van der Waals surface area contributed by atoms with E-state index in [1.807, 2.05) is 19.0 Å². The van der Waals surface area contributed by atoms with Crippen LogP contribution in [0.2, 0.25) is 0 Å². The Morgan fingerprint density at radius 3 is 2.65 bits per heavy atom.